The van der Waals surface area contributed by atoms with Crippen molar-refractivity contribution in [2.75, 3.05) is 13.1 Å². The summed E-state index contributed by atoms with van der Waals surface area (Å²) >= 11 is 0. The molecule has 0 aliphatic rings. The standard InChI is InChI=1S/C14H19N3O2/c1-4-16(5-2)9-12-10(3)15-13-8-11(14(18)19)6-7-17(12)13/h6-8H,4-5,9H2,1-3H3,(H,18,19). The largest absolute Gasteiger partial charge is 0.478 e. The number of carboxylic acids is 1. The third-order valence-electron chi connectivity index (χ3n) is 3.44. The van der Waals surface area contributed by atoms with E-state index in [0.717, 1.165) is 31.0 Å². The number of carboxylic acid groups (broad SMARTS) is 1. The Kier molecular flexibility index (Phi) is 3.85. The number of rotatable bonds is 5. The molecule has 0 aliphatic carbocycles. The predicted octanol–water partition coefficient (Wildman–Crippen LogP) is 2.18. The molecule has 0 unspecified atom stereocenters. The van der Waals surface area contributed by atoms with Crippen LogP contribution < -0.4 is 0 Å². The van der Waals surface area contributed by atoms with Crippen LogP contribution in [0.5, 0.6) is 0 Å². The summed E-state index contributed by atoms with van der Waals surface area (Å²) in [7, 11) is 0. The molecule has 5 nitrogen and oxygen atoms in total. The zero-order valence-electron chi connectivity index (χ0n) is 11.6. The van der Waals surface area contributed by atoms with Gasteiger partial charge in [-0.05, 0) is 32.1 Å². The third-order valence-corrected chi connectivity index (χ3v) is 3.44. The number of hydrogen-bond donors (Lipinski definition) is 1. The quantitative estimate of drug-likeness (QED) is 0.896. The summed E-state index contributed by atoms with van der Waals surface area (Å²) in [6, 6.07) is 3.23. The normalized spacial score (nSPS) is 11.4. The average Bonchev–Trinajstić information content (AvgIpc) is 2.70. The van der Waals surface area contributed by atoms with Gasteiger partial charge in [0.1, 0.15) is 5.65 Å². The van der Waals surface area contributed by atoms with Gasteiger partial charge in [0.2, 0.25) is 0 Å². The maximum Gasteiger partial charge on any atom is 0.335 e. The molecule has 0 saturated heterocycles. The van der Waals surface area contributed by atoms with Crippen LogP contribution >= 0.6 is 0 Å². The van der Waals surface area contributed by atoms with E-state index < -0.39 is 5.97 Å². The summed E-state index contributed by atoms with van der Waals surface area (Å²) in [4.78, 5) is 17.7. The minimum Gasteiger partial charge on any atom is -0.478 e. The first-order chi connectivity index (χ1) is 9.06. The Morgan fingerprint density at radius 3 is 2.68 bits per heavy atom. The molecule has 2 heterocycles. The second-order valence-corrected chi connectivity index (χ2v) is 4.55. The lowest BCUT2D eigenvalue weighted by molar-refractivity contribution is 0.0697. The zero-order chi connectivity index (χ0) is 14.0. The molecule has 5 heteroatoms. The summed E-state index contributed by atoms with van der Waals surface area (Å²) in [5.74, 6) is -0.923. The number of hydrogen-bond acceptors (Lipinski definition) is 3. The number of aromatic nitrogens is 2. The van der Waals surface area contributed by atoms with Crippen molar-refractivity contribution in [1.29, 1.82) is 0 Å². The molecule has 0 atom stereocenters. The highest BCUT2D eigenvalue weighted by Gasteiger charge is 2.13. The van der Waals surface area contributed by atoms with E-state index in [9.17, 15) is 4.79 Å². The molecule has 0 bridgehead atoms. The number of aromatic carboxylic acids is 1. The van der Waals surface area contributed by atoms with Gasteiger partial charge < -0.3 is 9.51 Å². The maximum atomic E-state index is 11.0. The lowest BCUT2D eigenvalue weighted by atomic mass is 10.2. The molecule has 19 heavy (non-hydrogen) atoms. The fraction of sp³-hybridized carbons (Fsp3) is 0.429. The van der Waals surface area contributed by atoms with Crippen molar-refractivity contribution in [3.05, 3.63) is 35.3 Å². The molecule has 2 aromatic heterocycles. The second-order valence-electron chi connectivity index (χ2n) is 4.55. The van der Waals surface area contributed by atoms with E-state index in [1.807, 2.05) is 11.3 Å². The molecule has 0 amide bonds. The molecule has 2 rings (SSSR count). The Morgan fingerprint density at radius 2 is 2.11 bits per heavy atom. The Bertz CT molecular complexity index is 600. The monoisotopic (exact) mass is 261 g/mol. The highest BCUT2D eigenvalue weighted by molar-refractivity contribution is 5.88. The van der Waals surface area contributed by atoms with Crippen molar-refractivity contribution in [3.8, 4) is 0 Å². The number of fused-ring (bicyclic) bond motifs is 1. The third kappa shape index (κ3) is 2.61. The fourth-order valence-electron chi connectivity index (χ4n) is 2.20. The van der Waals surface area contributed by atoms with Crippen molar-refractivity contribution >= 4 is 11.6 Å². The van der Waals surface area contributed by atoms with E-state index in [1.165, 1.54) is 0 Å². The number of pyridine rings is 1. The first kappa shape index (κ1) is 13.5. The smallest absolute Gasteiger partial charge is 0.335 e. The highest BCUT2D eigenvalue weighted by atomic mass is 16.4. The molecule has 0 saturated carbocycles. The molecule has 0 aromatic carbocycles. The summed E-state index contributed by atoms with van der Waals surface area (Å²) in [5, 5.41) is 9.00. The van der Waals surface area contributed by atoms with E-state index in [4.69, 9.17) is 5.11 Å². The van der Waals surface area contributed by atoms with Crippen LogP contribution in [0.1, 0.15) is 35.6 Å². The van der Waals surface area contributed by atoms with Crippen molar-refractivity contribution < 1.29 is 9.90 Å². The Labute approximate surface area is 112 Å². The molecule has 1 N–H and O–H groups in total. The maximum absolute atomic E-state index is 11.0. The average molecular weight is 261 g/mol. The van der Waals surface area contributed by atoms with Crippen LogP contribution in [0.15, 0.2) is 18.3 Å². The van der Waals surface area contributed by atoms with Gasteiger partial charge in [-0.2, -0.15) is 0 Å². The van der Waals surface area contributed by atoms with Crippen LogP contribution in [0.3, 0.4) is 0 Å². The summed E-state index contributed by atoms with van der Waals surface area (Å²) in [5.41, 5.74) is 3.04. The van der Waals surface area contributed by atoms with Crippen LogP contribution in [-0.4, -0.2) is 38.4 Å². The van der Waals surface area contributed by atoms with E-state index >= 15 is 0 Å². The molecule has 2 aromatic rings. The van der Waals surface area contributed by atoms with Gasteiger partial charge in [0, 0.05) is 12.7 Å². The minimum atomic E-state index is -0.923. The van der Waals surface area contributed by atoms with Gasteiger partial charge in [-0.15, -0.1) is 0 Å². The molecule has 0 radical (unpaired) electrons. The summed E-state index contributed by atoms with van der Waals surface area (Å²) in [6.45, 7) is 9.01. The van der Waals surface area contributed by atoms with E-state index in [-0.39, 0.29) is 5.56 Å². The predicted molar refractivity (Wildman–Crippen MR) is 73.5 cm³/mol. The number of nitrogens with zero attached hydrogens (tertiary/aromatic N) is 3. The van der Waals surface area contributed by atoms with Gasteiger partial charge in [-0.25, -0.2) is 9.78 Å². The van der Waals surface area contributed by atoms with Gasteiger partial charge in [0.05, 0.1) is 17.0 Å². The van der Waals surface area contributed by atoms with Gasteiger partial charge >= 0.3 is 5.97 Å². The molecule has 102 valence electrons. The van der Waals surface area contributed by atoms with Crippen LogP contribution in [0.4, 0.5) is 0 Å². The van der Waals surface area contributed by atoms with E-state index in [0.29, 0.717) is 5.65 Å². The number of carbonyl (C=O) groups is 1. The zero-order valence-corrected chi connectivity index (χ0v) is 11.6. The molecule has 0 fully saturated rings. The van der Waals surface area contributed by atoms with Crippen LogP contribution in [0.25, 0.3) is 5.65 Å². The minimum absolute atomic E-state index is 0.270. The fourth-order valence-corrected chi connectivity index (χ4v) is 2.20. The summed E-state index contributed by atoms with van der Waals surface area (Å²) < 4.78 is 1.97. The van der Waals surface area contributed by atoms with Gasteiger partial charge in [0.25, 0.3) is 0 Å². The Hall–Kier alpha value is -1.88. The van der Waals surface area contributed by atoms with Crippen molar-refractivity contribution in [2.24, 2.45) is 0 Å². The van der Waals surface area contributed by atoms with Crippen LogP contribution in [-0.2, 0) is 6.54 Å². The topological polar surface area (TPSA) is 57.8 Å². The lowest BCUT2D eigenvalue weighted by Crippen LogP contribution is -2.23. The number of aryl methyl sites for hydroxylation is 1. The Morgan fingerprint density at radius 1 is 1.42 bits per heavy atom. The SMILES string of the molecule is CCN(CC)Cc1c(C)nc2cc(C(=O)O)ccn12. The molecule has 0 spiro atoms. The van der Waals surface area contributed by atoms with Crippen molar-refractivity contribution in [1.82, 2.24) is 14.3 Å². The summed E-state index contributed by atoms with van der Waals surface area (Å²) in [6.07, 6.45) is 1.79. The highest BCUT2D eigenvalue weighted by Crippen LogP contribution is 2.15. The van der Waals surface area contributed by atoms with Gasteiger partial charge in [-0.1, -0.05) is 13.8 Å². The van der Waals surface area contributed by atoms with Crippen LogP contribution in [0, 0.1) is 6.92 Å². The number of imidazole rings is 1. The van der Waals surface area contributed by atoms with Gasteiger partial charge in [-0.3, -0.25) is 4.90 Å². The van der Waals surface area contributed by atoms with Gasteiger partial charge in [0.15, 0.2) is 0 Å². The molecular weight excluding hydrogens is 242 g/mol. The van der Waals surface area contributed by atoms with Crippen molar-refractivity contribution in [3.63, 3.8) is 0 Å². The molecule has 0 aliphatic heterocycles. The first-order valence-electron chi connectivity index (χ1n) is 6.50. The van der Waals surface area contributed by atoms with Crippen molar-refractivity contribution in [2.45, 2.75) is 27.3 Å². The lowest BCUT2D eigenvalue weighted by Gasteiger charge is -2.18. The molecular formula is C14H19N3O2. The second kappa shape index (κ2) is 5.40. The Balaban J connectivity index is 2.44. The van der Waals surface area contributed by atoms with E-state index in [1.54, 1.807) is 18.3 Å². The van der Waals surface area contributed by atoms with E-state index in [2.05, 4.69) is 23.7 Å². The first-order valence-corrected chi connectivity index (χ1v) is 6.50. The van der Waals surface area contributed by atoms with Crippen LogP contribution in [0.2, 0.25) is 0 Å².